The lowest BCUT2D eigenvalue weighted by molar-refractivity contribution is -0.0895. The number of hydrogen-bond acceptors (Lipinski definition) is 2. The third-order valence-corrected chi connectivity index (χ3v) is 4.03. The van der Waals surface area contributed by atoms with E-state index in [0.717, 1.165) is 31.6 Å². The van der Waals surface area contributed by atoms with Crippen molar-refractivity contribution in [3.8, 4) is 0 Å². The van der Waals surface area contributed by atoms with Gasteiger partial charge in [-0.25, -0.2) is 4.39 Å². The topological polar surface area (TPSA) is 21.3 Å². The first-order chi connectivity index (χ1) is 9.07. The molecule has 19 heavy (non-hydrogen) atoms. The molecular formula is C16H24FNO. The van der Waals surface area contributed by atoms with Gasteiger partial charge in [0.05, 0.1) is 11.6 Å². The highest BCUT2D eigenvalue weighted by Crippen LogP contribution is 2.36. The molecule has 1 aromatic carbocycles. The molecule has 0 spiro atoms. The maximum atomic E-state index is 13.4. The summed E-state index contributed by atoms with van der Waals surface area (Å²) in [6.07, 6.45) is 3.37. The van der Waals surface area contributed by atoms with E-state index >= 15 is 0 Å². The molecule has 0 amide bonds. The fourth-order valence-electron chi connectivity index (χ4n) is 2.92. The van der Waals surface area contributed by atoms with E-state index in [4.69, 9.17) is 4.74 Å². The lowest BCUT2D eigenvalue weighted by atomic mass is 9.83. The third-order valence-electron chi connectivity index (χ3n) is 4.03. The Morgan fingerprint density at radius 3 is 2.79 bits per heavy atom. The van der Waals surface area contributed by atoms with Crippen LogP contribution in [-0.4, -0.2) is 18.8 Å². The van der Waals surface area contributed by atoms with E-state index in [0.29, 0.717) is 5.56 Å². The van der Waals surface area contributed by atoms with Gasteiger partial charge in [0, 0.05) is 6.61 Å². The van der Waals surface area contributed by atoms with E-state index in [1.807, 2.05) is 19.1 Å². The second kappa shape index (κ2) is 6.02. The third kappa shape index (κ3) is 3.15. The van der Waals surface area contributed by atoms with Gasteiger partial charge in [-0.15, -0.1) is 0 Å². The van der Waals surface area contributed by atoms with Crippen molar-refractivity contribution >= 4 is 0 Å². The number of hydrogen-bond donors (Lipinski definition) is 1. The first-order valence-corrected chi connectivity index (χ1v) is 7.20. The molecule has 0 aliphatic carbocycles. The number of rotatable bonds is 4. The van der Waals surface area contributed by atoms with Crippen LogP contribution >= 0.6 is 0 Å². The summed E-state index contributed by atoms with van der Waals surface area (Å²) >= 11 is 0. The number of halogens is 1. The number of likely N-dealkylation sites (N-methyl/N-ethyl adjacent to an activating group) is 1. The van der Waals surface area contributed by atoms with E-state index in [2.05, 4.69) is 19.2 Å². The van der Waals surface area contributed by atoms with Crippen LogP contribution in [0.5, 0.6) is 0 Å². The molecule has 1 aromatic rings. The van der Waals surface area contributed by atoms with Gasteiger partial charge in [0.2, 0.25) is 0 Å². The lowest BCUT2D eigenvalue weighted by Gasteiger charge is -2.41. The highest BCUT2D eigenvalue weighted by atomic mass is 19.1. The van der Waals surface area contributed by atoms with Gasteiger partial charge in [-0.1, -0.05) is 19.1 Å². The standard InChI is InChI=1S/C16H24FNO/c1-4-18-15(16(3)9-5-6-10-19-16)13-7-8-14(17)12(2)11-13/h7-8,11,15,18H,4-6,9-10H2,1-3H3. The minimum absolute atomic E-state index is 0.122. The first kappa shape index (κ1) is 14.5. The summed E-state index contributed by atoms with van der Waals surface area (Å²) in [4.78, 5) is 0. The highest BCUT2D eigenvalue weighted by molar-refractivity contribution is 5.28. The summed E-state index contributed by atoms with van der Waals surface area (Å²) in [5.41, 5.74) is 1.61. The van der Waals surface area contributed by atoms with E-state index in [1.54, 1.807) is 6.07 Å². The Morgan fingerprint density at radius 1 is 1.42 bits per heavy atom. The minimum atomic E-state index is -0.196. The van der Waals surface area contributed by atoms with Crippen molar-refractivity contribution in [2.75, 3.05) is 13.2 Å². The molecule has 0 radical (unpaired) electrons. The van der Waals surface area contributed by atoms with Crippen LogP contribution in [0.25, 0.3) is 0 Å². The van der Waals surface area contributed by atoms with Gasteiger partial charge < -0.3 is 10.1 Å². The molecule has 2 atom stereocenters. The Bertz CT molecular complexity index is 427. The summed E-state index contributed by atoms with van der Waals surface area (Å²) < 4.78 is 19.5. The van der Waals surface area contributed by atoms with Crippen LogP contribution in [0.15, 0.2) is 18.2 Å². The van der Waals surface area contributed by atoms with Gasteiger partial charge in [0.25, 0.3) is 0 Å². The highest BCUT2D eigenvalue weighted by Gasteiger charge is 2.37. The van der Waals surface area contributed by atoms with E-state index in [1.165, 1.54) is 6.42 Å². The summed E-state index contributed by atoms with van der Waals surface area (Å²) in [5, 5.41) is 3.51. The molecule has 3 heteroatoms. The molecule has 1 fully saturated rings. The monoisotopic (exact) mass is 265 g/mol. The van der Waals surface area contributed by atoms with Crippen molar-refractivity contribution in [1.82, 2.24) is 5.32 Å². The number of ether oxygens (including phenoxy) is 1. The van der Waals surface area contributed by atoms with Crippen LogP contribution in [-0.2, 0) is 4.74 Å². The van der Waals surface area contributed by atoms with E-state index in [-0.39, 0.29) is 17.5 Å². The number of aryl methyl sites for hydroxylation is 1. The van der Waals surface area contributed by atoms with Crippen molar-refractivity contribution in [2.45, 2.75) is 51.7 Å². The van der Waals surface area contributed by atoms with Crippen molar-refractivity contribution in [2.24, 2.45) is 0 Å². The molecule has 1 heterocycles. The second-order valence-corrected chi connectivity index (χ2v) is 5.62. The molecular weight excluding hydrogens is 241 g/mol. The normalized spacial score (nSPS) is 25.3. The van der Waals surface area contributed by atoms with Crippen LogP contribution in [0.3, 0.4) is 0 Å². The van der Waals surface area contributed by atoms with Crippen LogP contribution in [0, 0.1) is 12.7 Å². The van der Waals surface area contributed by atoms with Crippen LogP contribution < -0.4 is 5.32 Å². The minimum Gasteiger partial charge on any atom is -0.373 e. The Morgan fingerprint density at radius 2 is 2.21 bits per heavy atom. The molecule has 0 aromatic heterocycles. The van der Waals surface area contributed by atoms with Crippen molar-refractivity contribution in [1.29, 1.82) is 0 Å². The van der Waals surface area contributed by atoms with E-state index < -0.39 is 0 Å². The predicted molar refractivity (Wildman–Crippen MR) is 75.8 cm³/mol. The summed E-state index contributed by atoms with van der Waals surface area (Å²) in [5.74, 6) is -0.145. The maximum absolute atomic E-state index is 13.4. The van der Waals surface area contributed by atoms with Gasteiger partial charge in [-0.2, -0.15) is 0 Å². The molecule has 2 unspecified atom stereocenters. The van der Waals surface area contributed by atoms with Gasteiger partial charge in [0.15, 0.2) is 0 Å². The average Bonchev–Trinajstić information content (AvgIpc) is 2.40. The summed E-state index contributed by atoms with van der Waals surface area (Å²) in [6.45, 7) is 7.76. The fourth-order valence-corrected chi connectivity index (χ4v) is 2.92. The molecule has 1 aliphatic rings. The summed E-state index contributed by atoms with van der Waals surface area (Å²) in [6, 6.07) is 5.49. The maximum Gasteiger partial charge on any atom is 0.126 e. The van der Waals surface area contributed by atoms with Crippen molar-refractivity contribution in [3.05, 3.63) is 35.1 Å². The predicted octanol–water partition coefficient (Wildman–Crippen LogP) is 3.74. The SMILES string of the molecule is CCNC(c1ccc(F)c(C)c1)C1(C)CCCCO1. The number of benzene rings is 1. The molecule has 2 nitrogen and oxygen atoms in total. The Labute approximate surface area is 115 Å². The second-order valence-electron chi connectivity index (χ2n) is 5.62. The molecule has 1 aliphatic heterocycles. The quantitative estimate of drug-likeness (QED) is 0.895. The zero-order chi connectivity index (χ0) is 13.9. The molecule has 1 N–H and O–H groups in total. The smallest absolute Gasteiger partial charge is 0.126 e. The van der Waals surface area contributed by atoms with Gasteiger partial charge in [-0.3, -0.25) is 0 Å². The van der Waals surface area contributed by atoms with E-state index in [9.17, 15) is 4.39 Å². The Kier molecular flexibility index (Phi) is 4.58. The Balaban J connectivity index is 2.30. The zero-order valence-electron chi connectivity index (χ0n) is 12.1. The van der Waals surface area contributed by atoms with Gasteiger partial charge >= 0.3 is 0 Å². The molecule has 1 saturated heterocycles. The summed E-state index contributed by atoms with van der Waals surface area (Å²) in [7, 11) is 0. The average molecular weight is 265 g/mol. The van der Waals surface area contributed by atoms with Crippen LogP contribution in [0.1, 0.15) is 50.3 Å². The first-order valence-electron chi connectivity index (χ1n) is 7.20. The number of nitrogens with one attached hydrogen (secondary N) is 1. The van der Waals surface area contributed by atoms with Crippen LogP contribution in [0.2, 0.25) is 0 Å². The lowest BCUT2D eigenvalue weighted by Crippen LogP contribution is -2.46. The fraction of sp³-hybridized carbons (Fsp3) is 0.625. The van der Waals surface area contributed by atoms with Crippen molar-refractivity contribution < 1.29 is 9.13 Å². The molecule has 2 rings (SSSR count). The largest absolute Gasteiger partial charge is 0.373 e. The Hall–Kier alpha value is -0.930. The molecule has 0 bridgehead atoms. The molecule has 0 saturated carbocycles. The van der Waals surface area contributed by atoms with Crippen LogP contribution in [0.4, 0.5) is 4.39 Å². The zero-order valence-corrected chi connectivity index (χ0v) is 12.1. The van der Waals surface area contributed by atoms with Gasteiger partial charge in [-0.05, 0) is 56.8 Å². The van der Waals surface area contributed by atoms with Crippen molar-refractivity contribution in [3.63, 3.8) is 0 Å². The van der Waals surface area contributed by atoms with Gasteiger partial charge in [0.1, 0.15) is 5.82 Å². The molecule has 106 valence electrons.